The molecule has 140 valence electrons. The lowest BCUT2D eigenvalue weighted by atomic mass is 9.87. The summed E-state index contributed by atoms with van der Waals surface area (Å²) in [5.74, 6) is -0.215. The maximum atomic E-state index is 13.0. The van der Waals surface area contributed by atoms with Crippen LogP contribution in [0.1, 0.15) is 18.9 Å². The van der Waals surface area contributed by atoms with Gasteiger partial charge in [-0.05, 0) is 36.2 Å². The maximum absolute atomic E-state index is 13.0. The minimum atomic E-state index is -1.14. The minimum absolute atomic E-state index is 0.356. The molecule has 0 radical (unpaired) electrons. The predicted molar refractivity (Wildman–Crippen MR) is 100 cm³/mol. The third-order valence-electron chi connectivity index (χ3n) is 4.65. The first-order chi connectivity index (χ1) is 13.0. The van der Waals surface area contributed by atoms with E-state index in [9.17, 15) is 14.4 Å². The number of hydrogen-bond acceptors (Lipinski definition) is 4. The molecule has 7 heteroatoms. The fraction of sp³-hybridized carbons (Fsp3) is 0.250. The summed E-state index contributed by atoms with van der Waals surface area (Å²) in [6.07, 6.45) is 0.387. The van der Waals surface area contributed by atoms with Crippen molar-refractivity contribution < 1.29 is 19.1 Å². The molecule has 0 unspecified atom stereocenters. The van der Waals surface area contributed by atoms with Crippen LogP contribution in [-0.4, -0.2) is 36.4 Å². The highest BCUT2D eigenvalue weighted by atomic mass is 16.5. The second kappa shape index (κ2) is 7.49. The van der Waals surface area contributed by atoms with Gasteiger partial charge in [0.1, 0.15) is 17.8 Å². The highest BCUT2D eigenvalue weighted by Gasteiger charge is 2.51. The van der Waals surface area contributed by atoms with Crippen molar-refractivity contribution in [2.45, 2.75) is 18.9 Å². The van der Waals surface area contributed by atoms with Crippen molar-refractivity contribution in [3.05, 3.63) is 60.2 Å². The molecule has 4 amide bonds. The summed E-state index contributed by atoms with van der Waals surface area (Å²) in [4.78, 5) is 38.7. The zero-order valence-corrected chi connectivity index (χ0v) is 15.2. The van der Waals surface area contributed by atoms with E-state index in [0.717, 1.165) is 4.90 Å². The lowest BCUT2D eigenvalue weighted by Crippen LogP contribution is -2.44. The van der Waals surface area contributed by atoms with E-state index < -0.39 is 23.4 Å². The van der Waals surface area contributed by atoms with Gasteiger partial charge in [0.15, 0.2) is 0 Å². The normalized spacial score (nSPS) is 19.0. The summed E-state index contributed by atoms with van der Waals surface area (Å²) in [6.45, 7) is 1.47. The van der Waals surface area contributed by atoms with Crippen LogP contribution in [0.2, 0.25) is 0 Å². The van der Waals surface area contributed by atoms with E-state index in [-0.39, 0.29) is 6.54 Å². The Labute approximate surface area is 157 Å². The van der Waals surface area contributed by atoms with Crippen molar-refractivity contribution in [3.63, 3.8) is 0 Å². The van der Waals surface area contributed by atoms with Crippen molar-refractivity contribution in [2.75, 3.05) is 19.0 Å². The van der Waals surface area contributed by atoms with Crippen LogP contribution >= 0.6 is 0 Å². The third kappa shape index (κ3) is 3.48. The van der Waals surface area contributed by atoms with Crippen molar-refractivity contribution >= 4 is 23.5 Å². The number of methoxy groups -OCH3 is 1. The maximum Gasteiger partial charge on any atom is 0.325 e. The van der Waals surface area contributed by atoms with E-state index in [4.69, 9.17) is 4.74 Å². The van der Waals surface area contributed by atoms with Crippen LogP contribution in [0.25, 0.3) is 0 Å². The average molecular weight is 367 g/mol. The van der Waals surface area contributed by atoms with Gasteiger partial charge in [0.2, 0.25) is 5.91 Å². The summed E-state index contributed by atoms with van der Waals surface area (Å²) in [5.41, 5.74) is 0.111. The number of nitrogens with zero attached hydrogens (tertiary/aromatic N) is 1. The van der Waals surface area contributed by atoms with Gasteiger partial charge in [-0.1, -0.05) is 37.3 Å². The Balaban J connectivity index is 1.74. The number of anilines is 1. The Kier molecular flexibility index (Phi) is 5.12. The van der Waals surface area contributed by atoms with E-state index in [2.05, 4.69) is 10.6 Å². The predicted octanol–water partition coefficient (Wildman–Crippen LogP) is 2.49. The van der Waals surface area contributed by atoms with E-state index in [1.54, 1.807) is 43.5 Å². The van der Waals surface area contributed by atoms with Gasteiger partial charge in [-0.25, -0.2) is 4.79 Å². The van der Waals surface area contributed by atoms with Gasteiger partial charge in [-0.3, -0.25) is 14.5 Å². The first-order valence-electron chi connectivity index (χ1n) is 8.63. The monoisotopic (exact) mass is 367 g/mol. The van der Waals surface area contributed by atoms with Crippen LogP contribution in [0.15, 0.2) is 54.6 Å². The van der Waals surface area contributed by atoms with Gasteiger partial charge < -0.3 is 15.4 Å². The molecule has 3 rings (SSSR count). The van der Waals surface area contributed by atoms with Gasteiger partial charge in [-0.15, -0.1) is 0 Å². The highest BCUT2D eigenvalue weighted by molar-refractivity contribution is 6.10. The summed E-state index contributed by atoms with van der Waals surface area (Å²) in [6, 6.07) is 15.3. The topological polar surface area (TPSA) is 87.7 Å². The van der Waals surface area contributed by atoms with Crippen molar-refractivity contribution in [1.29, 1.82) is 0 Å². The molecule has 1 fully saturated rings. The third-order valence-corrected chi connectivity index (χ3v) is 4.65. The fourth-order valence-electron chi connectivity index (χ4n) is 3.15. The Morgan fingerprint density at radius 3 is 2.37 bits per heavy atom. The number of carbonyl (C=O) groups excluding carboxylic acids is 3. The molecule has 2 N–H and O–H groups in total. The molecule has 0 aromatic heterocycles. The fourth-order valence-corrected chi connectivity index (χ4v) is 3.15. The number of hydrogen-bond donors (Lipinski definition) is 2. The van der Waals surface area contributed by atoms with Crippen LogP contribution in [0, 0.1) is 0 Å². The molecule has 2 aromatic carbocycles. The molecular weight excluding hydrogens is 346 g/mol. The molecular formula is C20H21N3O4. The molecule has 7 nitrogen and oxygen atoms in total. The van der Waals surface area contributed by atoms with Gasteiger partial charge in [-0.2, -0.15) is 0 Å². The number of benzene rings is 2. The Bertz CT molecular complexity index is 851. The second-order valence-corrected chi connectivity index (χ2v) is 6.22. The Morgan fingerprint density at radius 1 is 1.11 bits per heavy atom. The lowest BCUT2D eigenvalue weighted by Gasteiger charge is -2.25. The Hall–Kier alpha value is -3.35. The van der Waals surface area contributed by atoms with Crippen LogP contribution in [0.3, 0.4) is 0 Å². The standard InChI is InChI=1S/C20H21N3O4/c1-3-20(14-7-5-4-6-8-14)18(25)23(19(26)22-20)13-17(24)21-15-9-11-16(27-2)12-10-15/h4-12H,3,13H2,1-2H3,(H,21,24)(H,22,26)/t20-/m0/s1. The van der Waals surface area contributed by atoms with E-state index in [1.807, 2.05) is 25.1 Å². The largest absolute Gasteiger partial charge is 0.497 e. The number of urea groups is 1. The number of imide groups is 1. The van der Waals surface area contributed by atoms with E-state index in [0.29, 0.717) is 23.4 Å². The quantitative estimate of drug-likeness (QED) is 0.768. The molecule has 1 aliphatic rings. The molecule has 0 aliphatic carbocycles. The number of ether oxygens (including phenoxy) is 1. The van der Waals surface area contributed by atoms with Crippen LogP contribution in [-0.2, 0) is 15.1 Å². The lowest BCUT2D eigenvalue weighted by molar-refractivity contribution is -0.134. The van der Waals surface area contributed by atoms with E-state index in [1.165, 1.54) is 0 Å². The zero-order chi connectivity index (χ0) is 19.4. The molecule has 1 heterocycles. The minimum Gasteiger partial charge on any atom is -0.497 e. The molecule has 1 aliphatic heterocycles. The van der Waals surface area contributed by atoms with Crippen LogP contribution < -0.4 is 15.4 Å². The van der Waals surface area contributed by atoms with Crippen molar-refractivity contribution in [3.8, 4) is 5.75 Å². The molecule has 2 aromatic rings. The van der Waals surface area contributed by atoms with Crippen LogP contribution in [0.5, 0.6) is 5.75 Å². The smallest absolute Gasteiger partial charge is 0.325 e. The van der Waals surface area contributed by atoms with Gasteiger partial charge >= 0.3 is 6.03 Å². The molecule has 1 atom stereocenters. The SMILES string of the molecule is CC[C@@]1(c2ccccc2)NC(=O)N(CC(=O)Nc2ccc(OC)cc2)C1=O. The molecule has 27 heavy (non-hydrogen) atoms. The summed E-state index contributed by atoms with van der Waals surface area (Å²) in [7, 11) is 1.55. The van der Waals surface area contributed by atoms with Gasteiger partial charge in [0.25, 0.3) is 5.91 Å². The Morgan fingerprint density at radius 2 is 1.78 bits per heavy atom. The second-order valence-electron chi connectivity index (χ2n) is 6.22. The summed E-state index contributed by atoms with van der Waals surface area (Å²) >= 11 is 0. The molecule has 1 saturated heterocycles. The highest BCUT2D eigenvalue weighted by Crippen LogP contribution is 2.32. The number of nitrogens with one attached hydrogen (secondary N) is 2. The van der Waals surface area contributed by atoms with E-state index >= 15 is 0 Å². The van der Waals surface area contributed by atoms with Crippen molar-refractivity contribution in [2.24, 2.45) is 0 Å². The number of rotatable bonds is 6. The number of carbonyl (C=O) groups is 3. The molecule has 0 saturated carbocycles. The number of amides is 4. The van der Waals surface area contributed by atoms with Crippen LogP contribution in [0.4, 0.5) is 10.5 Å². The first-order valence-corrected chi connectivity index (χ1v) is 8.63. The first kappa shape index (κ1) is 18.4. The molecule has 0 spiro atoms. The molecule has 0 bridgehead atoms. The zero-order valence-electron chi connectivity index (χ0n) is 15.2. The van der Waals surface area contributed by atoms with Gasteiger partial charge in [0.05, 0.1) is 7.11 Å². The van der Waals surface area contributed by atoms with Gasteiger partial charge in [0, 0.05) is 5.69 Å². The van der Waals surface area contributed by atoms with Crippen molar-refractivity contribution in [1.82, 2.24) is 10.2 Å². The summed E-state index contributed by atoms with van der Waals surface area (Å²) in [5, 5.41) is 5.44. The average Bonchev–Trinajstić information content (AvgIpc) is 2.94. The summed E-state index contributed by atoms with van der Waals surface area (Å²) < 4.78 is 5.07.